The first kappa shape index (κ1) is 15.7. The molecule has 1 aliphatic heterocycles. The number of rotatable bonds is 4. The van der Waals surface area contributed by atoms with Crippen LogP contribution in [0.2, 0.25) is 0 Å². The van der Waals surface area contributed by atoms with Crippen molar-refractivity contribution in [3.8, 4) is 11.3 Å². The highest BCUT2D eigenvalue weighted by atomic mass is 16.2. The molecule has 116 valence electrons. The lowest BCUT2D eigenvalue weighted by Crippen LogP contribution is -2.52. The van der Waals surface area contributed by atoms with Crippen LogP contribution in [-0.4, -0.2) is 60.9 Å². The van der Waals surface area contributed by atoms with Gasteiger partial charge < -0.3 is 4.90 Å². The fourth-order valence-corrected chi connectivity index (χ4v) is 2.70. The van der Waals surface area contributed by atoms with Crippen LogP contribution >= 0.6 is 0 Å². The summed E-state index contributed by atoms with van der Waals surface area (Å²) < 4.78 is 0. The Kier molecular flexibility index (Phi) is 4.43. The third-order valence-electron chi connectivity index (χ3n) is 4.06. The van der Waals surface area contributed by atoms with Gasteiger partial charge in [0.2, 0.25) is 5.91 Å². The lowest BCUT2D eigenvalue weighted by atomic mass is 9.95. The molecule has 1 saturated heterocycles. The molecular formula is C17H19BN4O. The van der Waals surface area contributed by atoms with Gasteiger partial charge in [-0.3, -0.25) is 9.69 Å². The van der Waals surface area contributed by atoms with E-state index in [1.165, 1.54) is 0 Å². The number of carbonyl (C=O) groups is 1. The van der Waals surface area contributed by atoms with Gasteiger partial charge in [-0.05, 0) is 12.1 Å². The molecule has 1 amide bonds. The number of nitrogens with zero attached hydrogens (tertiary/aromatic N) is 4. The van der Waals surface area contributed by atoms with Crippen molar-refractivity contribution in [2.24, 2.45) is 5.92 Å². The van der Waals surface area contributed by atoms with Gasteiger partial charge in [-0.2, -0.15) is 10.2 Å². The fraction of sp³-hybridized carbons (Fsp3) is 0.353. The maximum absolute atomic E-state index is 11.8. The molecule has 0 spiro atoms. The number of hydrogen-bond acceptors (Lipinski definition) is 4. The normalized spacial score (nSPS) is 15.2. The molecule has 2 radical (unpaired) electrons. The number of hydrogen-bond donors (Lipinski definition) is 0. The number of likely N-dealkylation sites (tertiary alicyclic amines) is 1. The number of aromatic nitrogens is 2. The average molecular weight is 306 g/mol. The Morgan fingerprint density at radius 3 is 2.43 bits per heavy atom. The first-order valence-corrected chi connectivity index (χ1v) is 7.65. The van der Waals surface area contributed by atoms with E-state index in [0.29, 0.717) is 0 Å². The van der Waals surface area contributed by atoms with Gasteiger partial charge in [0.1, 0.15) is 7.85 Å². The highest BCUT2D eigenvalue weighted by Gasteiger charge is 2.33. The zero-order valence-corrected chi connectivity index (χ0v) is 13.4. The predicted molar refractivity (Wildman–Crippen MR) is 90.3 cm³/mol. The Morgan fingerprint density at radius 2 is 1.87 bits per heavy atom. The predicted octanol–water partition coefficient (Wildman–Crippen LogP) is 0.457. The first-order valence-electron chi connectivity index (χ1n) is 7.65. The molecule has 0 unspecified atom stereocenters. The second kappa shape index (κ2) is 6.50. The molecule has 0 saturated carbocycles. The van der Waals surface area contributed by atoms with Crippen LogP contribution in [0.3, 0.4) is 0 Å². The zero-order chi connectivity index (χ0) is 16.4. The Hall–Kier alpha value is -2.21. The minimum Gasteiger partial charge on any atom is -0.348 e. The van der Waals surface area contributed by atoms with Crippen molar-refractivity contribution in [1.82, 2.24) is 20.0 Å². The van der Waals surface area contributed by atoms with Crippen LogP contribution in [-0.2, 0) is 11.3 Å². The highest BCUT2D eigenvalue weighted by molar-refractivity contribution is 6.32. The third-order valence-corrected chi connectivity index (χ3v) is 4.06. The molecule has 6 heteroatoms. The third kappa shape index (κ3) is 3.59. The molecule has 23 heavy (non-hydrogen) atoms. The molecule has 0 atom stereocenters. The first-order chi connectivity index (χ1) is 11.0. The largest absolute Gasteiger partial charge is 0.348 e. The summed E-state index contributed by atoms with van der Waals surface area (Å²) in [5.41, 5.74) is 3.48. The highest BCUT2D eigenvalue weighted by Crippen LogP contribution is 2.20. The van der Waals surface area contributed by atoms with Crippen LogP contribution in [0, 0.1) is 5.92 Å². The Bertz CT molecular complexity index is 679. The maximum atomic E-state index is 11.8. The van der Waals surface area contributed by atoms with E-state index in [9.17, 15) is 4.79 Å². The number of amides is 1. The van der Waals surface area contributed by atoms with Gasteiger partial charge >= 0.3 is 0 Å². The van der Waals surface area contributed by atoms with Crippen LogP contribution in [0.15, 0.2) is 36.4 Å². The molecule has 0 N–H and O–H groups in total. The summed E-state index contributed by atoms with van der Waals surface area (Å²) >= 11 is 0. The van der Waals surface area contributed by atoms with E-state index in [1.54, 1.807) is 19.0 Å². The van der Waals surface area contributed by atoms with E-state index >= 15 is 0 Å². The van der Waals surface area contributed by atoms with Crippen molar-refractivity contribution in [2.75, 3.05) is 27.2 Å². The Labute approximate surface area is 137 Å². The van der Waals surface area contributed by atoms with Crippen LogP contribution in [0.25, 0.3) is 11.3 Å². The molecule has 0 aliphatic carbocycles. The minimum absolute atomic E-state index is 0.118. The standard InChI is InChI=1S/C17H19BN4O/c1-21(2)17(23)13-9-22(10-13)11-15-7-8-16(20-19-15)12-3-5-14(18)6-4-12/h3-8,13H,9-11H2,1-2H3. The van der Waals surface area contributed by atoms with Gasteiger partial charge in [0.15, 0.2) is 0 Å². The number of benzene rings is 1. The SMILES string of the molecule is [B]c1ccc(-c2ccc(CN3CC(C(=O)N(C)C)C3)nn2)cc1. The molecule has 1 fully saturated rings. The van der Waals surface area contributed by atoms with Gasteiger partial charge in [-0.25, -0.2) is 0 Å². The quantitative estimate of drug-likeness (QED) is 0.770. The van der Waals surface area contributed by atoms with Crippen LogP contribution in [0.4, 0.5) is 0 Å². The Morgan fingerprint density at radius 1 is 1.17 bits per heavy atom. The van der Waals surface area contributed by atoms with Crippen LogP contribution < -0.4 is 5.46 Å². The van der Waals surface area contributed by atoms with Crippen molar-refractivity contribution in [2.45, 2.75) is 6.54 Å². The lowest BCUT2D eigenvalue weighted by Gasteiger charge is -2.38. The van der Waals surface area contributed by atoms with Crippen molar-refractivity contribution in [1.29, 1.82) is 0 Å². The van der Waals surface area contributed by atoms with E-state index in [1.807, 2.05) is 36.4 Å². The average Bonchev–Trinajstić information content (AvgIpc) is 2.51. The minimum atomic E-state index is 0.118. The topological polar surface area (TPSA) is 49.3 Å². The summed E-state index contributed by atoms with van der Waals surface area (Å²) in [6, 6.07) is 11.5. The van der Waals surface area contributed by atoms with E-state index < -0.39 is 0 Å². The molecule has 1 aromatic heterocycles. The molecule has 1 aliphatic rings. The zero-order valence-electron chi connectivity index (χ0n) is 13.4. The monoisotopic (exact) mass is 306 g/mol. The van der Waals surface area contributed by atoms with E-state index in [2.05, 4.69) is 15.1 Å². The summed E-state index contributed by atoms with van der Waals surface area (Å²) in [4.78, 5) is 15.7. The van der Waals surface area contributed by atoms with Crippen molar-refractivity contribution in [3.05, 3.63) is 42.1 Å². The van der Waals surface area contributed by atoms with Crippen molar-refractivity contribution >= 4 is 19.2 Å². The smallest absolute Gasteiger partial charge is 0.227 e. The van der Waals surface area contributed by atoms with Crippen LogP contribution in [0.1, 0.15) is 5.69 Å². The van der Waals surface area contributed by atoms with Crippen molar-refractivity contribution < 1.29 is 4.79 Å². The van der Waals surface area contributed by atoms with Gasteiger partial charge in [-0.15, -0.1) is 0 Å². The summed E-state index contributed by atoms with van der Waals surface area (Å²) in [5.74, 6) is 0.318. The van der Waals surface area contributed by atoms with E-state index in [0.717, 1.165) is 42.0 Å². The summed E-state index contributed by atoms with van der Waals surface area (Å²) in [6.45, 7) is 2.31. The maximum Gasteiger partial charge on any atom is 0.227 e. The molecule has 5 nitrogen and oxygen atoms in total. The second-order valence-electron chi connectivity index (χ2n) is 6.16. The fourth-order valence-electron chi connectivity index (χ4n) is 2.70. The van der Waals surface area contributed by atoms with Gasteiger partial charge in [0.25, 0.3) is 0 Å². The lowest BCUT2D eigenvalue weighted by molar-refractivity contribution is -0.138. The Balaban J connectivity index is 1.57. The molecule has 2 aromatic rings. The van der Waals surface area contributed by atoms with Crippen molar-refractivity contribution in [3.63, 3.8) is 0 Å². The molecule has 2 heterocycles. The second-order valence-corrected chi connectivity index (χ2v) is 6.16. The summed E-state index contributed by atoms with van der Waals surface area (Å²) in [6.07, 6.45) is 0. The van der Waals surface area contributed by atoms with Crippen LogP contribution in [0.5, 0.6) is 0 Å². The summed E-state index contributed by atoms with van der Waals surface area (Å²) in [5, 5.41) is 8.57. The van der Waals surface area contributed by atoms with Gasteiger partial charge in [-0.1, -0.05) is 29.7 Å². The van der Waals surface area contributed by atoms with Gasteiger partial charge in [0.05, 0.1) is 17.3 Å². The molecule has 3 rings (SSSR count). The molecule has 1 aromatic carbocycles. The number of carbonyl (C=O) groups excluding carboxylic acids is 1. The summed E-state index contributed by atoms with van der Waals surface area (Å²) in [7, 11) is 9.28. The van der Waals surface area contributed by atoms with E-state index in [4.69, 9.17) is 7.85 Å². The molecule has 0 bridgehead atoms. The molecular weight excluding hydrogens is 287 g/mol. The van der Waals surface area contributed by atoms with E-state index in [-0.39, 0.29) is 11.8 Å². The van der Waals surface area contributed by atoms with Gasteiger partial charge in [0, 0.05) is 39.3 Å².